The largest absolute Gasteiger partial charge is 0.454 e. The van der Waals surface area contributed by atoms with E-state index >= 15 is 0 Å². The van der Waals surface area contributed by atoms with Crippen LogP contribution < -0.4 is 14.9 Å². The fourth-order valence-electron chi connectivity index (χ4n) is 2.42. The van der Waals surface area contributed by atoms with Crippen LogP contribution >= 0.6 is 27.7 Å². The molecule has 5 nitrogen and oxygen atoms in total. The van der Waals surface area contributed by atoms with Gasteiger partial charge in [-0.3, -0.25) is 10.4 Å². The molecule has 24 heavy (non-hydrogen) atoms. The number of hydrazone groups is 1. The van der Waals surface area contributed by atoms with Crippen molar-refractivity contribution in [2.75, 3.05) is 12.5 Å². The number of hydrogen-bond acceptors (Lipinski definition) is 5. The molecule has 2 aromatic carbocycles. The van der Waals surface area contributed by atoms with Crippen LogP contribution in [0.3, 0.4) is 0 Å². The lowest BCUT2D eigenvalue weighted by Crippen LogP contribution is -2.25. The molecular formula is C17H14BrN3O2S. The van der Waals surface area contributed by atoms with E-state index in [4.69, 9.17) is 9.47 Å². The van der Waals surface area contributed by atoms with Gasteiger partial charge in [0.2, 0.25) is 6.79 Å². The molecule has 0 amide bonds. The molecule has 0 unspecified atom stereocenters. The van der Waals surface area contributed by atoms with Gasteiger partial charge in [-0.1, -0.05) is 45.9 Å². The van der Waals surface area contributed by atoms with Crippen LogP contribution in [0.1, 0.15) is 11.1 Å². The number of rotatable bonds is 3. The van der Waals surface area contributed by atoms with E-state index in [-0.39, 0.29) is 6.79 Å². The molecule has 0 aromatic heterocycles. The van der Waals surface area contributed by atoms with Gasteiger partial charge in [0.25, 0.3) is 0 Å². The minimum absolute atomic E-state index is 0.289. The van der Waals surface area contributed by atoms with Crippen molar-refractivity contribution in [3.8, 4) is 11.5 Å². The highest BCUT2D eigenvalue weighted by Gasteiger charge is 2.15. The van der Waals surface area contributed by atoms with Crippen molar-refractivity contribution in [1.29, 1.82) is 0 Å². The Hall–Kier alpha value is -1.99. The first-order valence-corrected chi connectivity index (χ1v) is 9.20. The van der Waals surface area contributed by atoms with E-state index in [2.05, 4.69) is 43.6 Å². The van der Waals surface area contributed by atoms with E-state index in [1.54, 1.807) is 11.8 Å². The molecule has 0 fully saturated rings. The molecule has 0 atom stereocenters. The zero-order chi connectivity index (χ0) is 16.4. The van der Waals surface area contributed by atoms with E-state index in [0.29, 0.717) is 6.54 Å². The SMILES string of the molecule is Brc1cccc(C2=NNC(=NCc3ccc4c(c3)OCO4)SC2)c1. The summed E-state index contributed by atoms with van der Waals surface area (Å²) in [5.41, 5.74) is 6.25. The molecular weight excluding hydrogens is 390 g/mol. The molecule has 0 spiro atoms. The number of ether oxygens (including phenoxy) is 2. The number of aliphatic imine (C=N–C) groups is 1. The van der Waals surface area contributed by atoms with Gasteiger partial charge in [0, 0.05) is 10.2 Å². The number of halogens is 1. The lowest BCUT2D eigenvalue weighted by Gasteiger charge is -2.15. The summed E-state index contributed by atoms with van der Waals surface area (Å²) in [4.78, 5) is 4.58. The van der Waals surface area contributed by atoms with Gasteiger partial charge in [0.15, 0.2) is 16.7 Å². The second kappa shape index (κ2) is 6.86. The Bertz CT molecular complexity index is 838. The zero-order valence-electron chi connectivity index (χ0n) is 12.7. The van der Waals surface area contributed by atoms with Crippen LogP contribution in [0, 0.1) is 0 Å². The predicted octanol–water partition coefficient (Wildman–Crippen LogP) is 3.77. The maximum atomic E-state index is 5.39. The fourth-order valence-corrected chi connectivity index (χ4v) is 3.59. The lowest BCUT2D eigenvalue weighted by atomic mass is 10.1. The Balaban J connectivity index is 1.42. The van der Waals surface area contributed by atoms with Crippen LogP contribution in [0.2, 0.25) is 0 Å². The van der Waals surface area contributed by atoms with Gasteiger partial charge in [-0.2, -0.15) is 5.10 Å². The quantitative estimate of drug-likeness (QED) is 0.846. The van der Waals surface area contributed by atoms with E-state index in [9.17, 15) is 0 Å². The van der Waals surface area contributed by atoms with E-state index in [0.717, 1.165) is 43.7 Å². The molecule has 0 bridgehead atoms. The Labute approximate surface area is 152 Å². The number of hydrogen-bond donors (Lipinski definition) is 1. The van der Waals surface area contributed by atoms with Gasteiger partial charge >= 0.3 is 0 Å². The molecule has 0 saturated carbocycles. The van der Waals surface area contributed by atoms with Crippen molar-refractivity contribution in [3.63, 3.8) is 0 Å². The summed E-state index contributed by atoms with van der Waals surface area (Å²) >= 11 is 5.14. The zero-order valence-corrected chi connectivity index (χ0v) is 15.1. The number of fused-ring (bicyclic) bond motifs is 1. The molecule has 0 aliphatic carbocycles. The third-order valence-electron chi connectivity index (χ3n) is 3.63. The minimum Gasteiger partial charge on any atom is -0.454 e. The molecule has 2 aliphatic heterocycles. The summed E-state index contributed by atoms with van der Waals surface area (Å²) in [6.07, 6.45) is 0. The van der Waals surface area contributed by atoms with E-state index in [1.165, 1.54) is 0 Å². The number of thioether (sulfide) groups is 1. The number of nitrogens with zero attached hydrogens (tertiary/aromatic N) is 2. The highest BCUT2D eigenvalue weighted by atomic mass is 79.9. The van der Waals surface area contributed by atoms with Crippen molar-refractivity contribution in [3.05, 3.63) is 58.1 Å². The molecule has 7 heteroatoms. The third kappa shape index (κ3) is 3.42. The minimum atomic E-state index is 0.289. The first-order chi connectivity index (χ1) is 11.8. The van der Waals surface area contributed by atoms with Crippen molar-refractivity contribution in [2.45, 2.75) is 6.54 Å². The molecule has 2 aromatic rings. The van der Waals surface area contributed by atoms with Crippen molar-refractivity contribution in [1.82, 2.24) is 5.43 Å². The van der Waals surface area contributed by atoms with Crippen LogP contribution in [0.4, 0.5) is 0 Å². The summed E-state index contributed by atoms with van der Waals surface area (Å²) in [5.74, 6) is 2.37. The number of nitrogens with one attached hydrogen (secondary N) is 1. The van der Waals surface area contributed by atoms with Crippen molar-refractivity contribution >= 4 is 38.6 Å². The standard InChI is InChI=1S/C17H14BrN3O2S/c18-13-3-1-2-12(7-13)14-9-24-17(21-20-14)19-8-11-4-5-15-16(6-11)23-10-22-15/h1-7H,8-10H2,(H,19,21). The average Bonchev–Trinajstić information content (AvgIpc) is 3.08. The number of benzene rings is 2. The Kier molecular flexibility index (Phi) is 4.44. The van der Waals surface area contributed by atoms with Crippen molar-refractivity contribution < 1.29 is 9.47 Å². The molecule has 2 aliphatic rings. The first-order valence-electron chi connectivity index (χ1n) is 7.42. The molecule has 0 radical (unpaired) electrons. The van der Waals surface area contributed by atoms with E-state index < -0.39 is 0 Å². The van der Waals surface area contributed by atoms with Crippen LogP contribution in [0.5, 0.6) is 11.5 Å². The second-order valence-corrected chi connectivity index (χ2v) is 7.16. The lowest BCUT2D eigenvalue weighted by molar-refractivity contribution is 0.174. The maximum Gasteiger partial charge on any atom is 0.231 e. The van der Waals surface area contributed by atoms with Gasteiger partial charge in [0.05, 0.1) is 12.3 Å². The Morgan fingerprint density at radius 1 is 1.17 bits per heavy atom. The van der Waals surface area contributed by atoms with E-state index in [1.807, 2.05) is 30.3 Å². The van der Waals surface area contributed by atoms with Crippen LogP contribution in [0.15, 0.2) is 57.0 Å². The number of amidine groups is 1. The summed E-state index contributed by atoms with van der Waals surface area (Å²) < 4.78 is 11.8. The molecule has 0 saturated heterocycles. The normalized spacial score (nSPS) is 17.5. The van der Waals surface area contributed by atoms with Crippen LogP contribution in [0.25, 0.3) is 0 Å². The third-order valence-corrected chi connectivity index (χ3v) is 5.04. The molecule has 122 valence electrons. The van der Waals surface area contributed by atoms with Crippen LogP contribution in [-0.4, -0.2) is 23.4 Å². The summed E-state index contributed by atoms with van der Waals surface area (Å²) in [5, 5.41) is 5.27. The highest BCUT2D eigenvalue weighted by Crippen LogP contribution is 2.32. The molecule has 1 N–H and O–H groups in total. The summed E-state index contributed by atoms with van der Waals surface area (Å²) in [7, 11) is 0. The van der Waals surface area contributed by atoms with Gasteiger partial charge in [-0.05, 0) is 35.4 Å². The average molecular weight is 404 g/mol. The first kappa shape index (κ1) is 15.5. The monoisotopic (exact) mass is 403 g/mol. The Morgan fingerprint density at radius 2 is 2.08 bits per heavy atom. The summed E-state index contributed by atoms with van der Waals surface area (Å²) in [6, 6.07) is 14.0. The molecule has 2 heterocycles. The highest BCUT2D eigenvalue weighted by molar-refractivity contribution is 9.10. The van der Waals surface area contributed by atoms with Gasteiger partial charge < -0.3 is 9.47 Å². The fraction of sp³-hybridized carbons (Fsp3) is 0.176. The Morgan fingerprint density at radius 3 is 2.92 bits per heavy atom. The van der Waals surface area contributed by atoms with Gasteiger partial charge in [-0.25, -0.2) is 0 Å². The topological polar surface area (TPSA) is 55.2 Å². The molecule has 4 rings (SSSR count). The summed E-state index contributed by atoms with van der Waals surface area (Å²) in [6.45, 7) is 0.867. The van der Waals surface area contributed by atoms with Gasteiger partial charge in [-0.15, -0.1) is 0 Å². The van der Waals surface area contributed by atoms with Crippen molar-refractivity contribution in [2.24, 2.45) is 10.1 Å². The predicted molar refractivity (Wildman–Crippen MR) is 100.0 cm³/mol. The second-order valence-electron chi connectivity index (χ2n) is 5.28. The smallest absolute Gasteiger partial charge is 0.231 e. The maximum absolute atomic E-state index is 5.39. The van der Waals surface area contributed by atoms with Gasteiger partial charge in [0.1, 0.15) is 0 Å². The van der Waals surface area contributed by atoms with Crippen LogP contribution in [-0.2, 0) is 6.54 Å².